The van der Waals surface area contributed by atoms with E-state index in [-0.39, 0.29) is 23.4 Å². The quantitative estimate of drug-likeness (QED) is 0.247. The van der Waals surface area contributed by atoms with Gasteiger partial charge in [0.2, 0.25) is 0 Å². The number of hydrogen-bond acceptors (Lipinski definition) is 3. The lowest BCUT2D eigenvalue weighted by Crippen LogP contribution is -2.36. The third kappa shape index (κ3) is 6.93. The van der Waals surface area contributed by atoms with Crippen LogP contribution in [0.2, 0.25) is 0 Å². The van der Waals surface area contributed by atoms with Crippen molar-refractivity contribution in [3.63, 3.8) is 0 Å². The number of carbonyl (C=O) groups excluding carboxylic acids is 2. The molecule has 0 radical (unpaired) electrons. The second kappa shape index (κ2) is 13.2. The maximum Gasteiger partial charge on any atom is 0.151 e. The monoisotopic (exact) mass is 440 g/mol. The third-order valence-electron chi connectivity index (χ3n) is 7.78. The van der Waals surface area contributed by atoms with Crippen LogP contribution in [0.5, 0.6) is 5.75 Å². The lowest BCUT2D eigenvalue weighted by molar-refractivity contribution is -0.137. The molecule has 0 heterocycles. The first kappa shape index (κ1) is 25.0. The van der Waals surface area contributed by atoms with Crippen LogP contribution in [0.4, 0.5) is 0 Å². The Morgan fingerprint density at radius 2 is 1.66 bits per heavy atom. The zero-order valence-electron chi connectivity index (χ0n) is 20.5. The molecule has 2 aliphatic rings. The number of Topliss-reactive ketones (excluding diaryl/α,β-unsaturated/α-hetero) is 2. The number of unbranched alkanes of at least 4 members (excludes halogenated alkanes) is 4. The van der Waals surface area contributed by atoms with Crippen molar-refractivity contribution in [3.8, 4) is 5.75 Å². The molecule has 3 heteroatoms. The standard InChI is InChI=1S/C29H44O3/c1-3-5-6-7-9-12-22-15-20-26(27(30)21-22)29(31)28(23-13-10-8-11-14-23)24-16-18-25(19-17-24)32-4-2/h16-19,22-23,26,28H,3-15,20-21H2,1-2H3. The maximum atomic E-state index is 13.8. The summed E-state index contributed by atoms with van der Waals surface area (Å²) in [7, 11) is 0. The van der Waals surface area contributed by atoms with E-state index in [1.54, 1.807) is 0 Å². The summed E-state index contributed by atoms with van der Waals surface area (Å²) in [4.78, 5) is 26.9. The number of benzene rings is 1. The molecule has 3 unspecified atom stereocenters. The summed E-state index contributed by atoms with van der Waals surface area (Å²) < 4.78 is 5.61. The largest absolute Gasteiger partial charge is 0.494 e. The van der Waals surface area contributed by atoms with Crippen molar-refractivity contribution in [2.24, 2.45) is 17.8 Å². The van der Waals surface area contributed by atoms with E-state index in [1.807, 2.05) is 19.1 Å². The van der Waals surface area contributed by atoms with Crippen LogP contribution in [-0.4, -0.2) is 18.2 Å². The highest BCUT2D eigenvalue weighted by molar-refractivity contribution is 6.05. The molecular weight excluding hydrogens is 396 g/mol. The van der Waals surface area contributed by atoms with Crippen LogP contribution >= 0.6 is 0 Å². The molecule has 0 N–H and O–H groups in total. The van der Waals surface area contributed by atoms with Gasteiger partial charge < -0.3 is 4.74 Å². The van der Waals surface area contributed by atoms with Gasteiger partial charge in [0.25, 0.3) is 0 Å². The van der Waals surface area contributed by atoms with Crippen LogP contribution in [-0.2, 0) is 9.59 Å². The fourth-order valence-electron chi connectivity index (χ4n) is 5.97. The summed E-state index contributed by atoms with van der Waals surface area (Å²) in [5.41, 5.74) is 1.08. The molecule has 3 rings (SSSR count). The van der Waals surface area contributed by atoms with Crippen molar-refractivity contribution in [2.75, 3.05) is 6.61 Å². The Hall–Kier alpha value is -1.64. The number of rotatable bonds is 12. The van der Waals surface area contributed by atoms with Gasteiger partial charge in [-0.1, -0.05) is 76.8 Å². The average Bonchev–Trinajstić information content (AvgIpc) is 2.81. The first-order valence-corrected chi connectivity index (χ1v) is 13.4. The van der Waals surface area contributed by atoms with Gasteiger partial charge in [0.05, 0.1) is 12.5 Å². The van der Waals surface area contributed by atoms with Crippen molar-refractivity contribution in [1.82, 2.24) is 0 Å². The van der Waals surface area contributed by atoms with E-state index in [0.29, 0.717) is 24.9 Å². The molecular formula is C29H44O3. The smallest absolute Gasteiger partial charge is 0.151 e. The predicted octanol–water partition coefficient (Wildman–Crippen LogP) is 7.66. The first-order chi connectivity index (χ1) is 15.6. The molecule has 2 fully saturated rings. The van der Waals surface area contributed by atoms with Crippen molar-refractivity contribution in [2.45, 2.75) is 110 Å². The van der Waals surface area contributed by atoms with Crippen molar-refractivity contribution >= 4 is 11.6 Å². The minimum absolute atomic E-state index is 0.134. The van der Waals surface area contributed by atoms with Gasteiger partial charge in [-0.3, -0.25) is 9.59 Å². The Labute approximate surface area is 195 Å². The fraction of sp³-hybridized carbons (Fsp3) is 0.724. The van der Waals surface area contributed by atoms with E-state index >= 15 is 0 Å². The summed E-state index contributed by atoms with van der Waals surface area (Å²) in [6.45, 7) is 4.86. The molecule has 3 atom stereocenters. The maximum absolute atomic E-state index is 13.8. The molecule has 32 heavy (non-hydrogen) atoms. The van der Waals surface area contributed by atoms with E-state index < -0.39 is 0 Å². The highest BCUT2D eigenvalue weighted by Crippen LogP contribution is 2.41. The van der Waals surface area contributed by atoms with E-state index in [2.05, 4.69) is 19.1 Å². The van der Waals surface area contributed by atoms with E-state index in [9.17, 15) is 9.59 Å². The average molecular weight is 441 g/mol. The van der Waals surface area contributed by atoms with Gasteiger partial charge in [-0.15, -0.1) is 0 Å². The lowest BCUT2D eigenvalue weighted by Gasteiger charge is -2.34. The molecule has 0 spiro atoms. The normalized spacial score (nSPS) is 23.1. The summed E-state index contributed by atoms with van der Waals surface area (Å²) in [6, 6.07) is 8.10. The zero-order valence-corrected chi connectivity index (χ0v) is 20.5. The first-order valence-electron chi connectivity index (χ1n) is 13.4. The van der Waals surface area contributed by atoms with Crippen LogP contribution < -0.4 is 4.74 Å². The zero-order chi connectivity index (χ0) is 22.8. The second-order valence-corrected chi connectivity index (χ2v) is 10.1. The van der Waals surface area contributed by atoms with Crippen molar-refractivity contribution in [3.05, 3.63) is 29.8 Å². The van der Waals surface area contributed by atoms with Gasteiger partial charge in [0.15, 0.2) is 5.78 Å². The van der Waals surface area contributed by atoms with Gasteiger partial charge in [-0.2, -0.15) is 0 Å². The van der Waals surface area contributed by atoms with Crippen LogP contribution in [0.3, 0.4) is 0 Å². The molecule has 2 aliphatic carbocycles. The highest BCUT2D eigenvalue weighted by atomic mass is 16.5. The number of ketones is 2. The second-order valence-electron chi connectivity index (χ2n) is 10.1. The Morgan fingerprint density at radius 3 is 2.31 bits per heavy atom. The van der Waals surface area contributed by atoms with Gasteiger partial charge in [0.1, 0.15) is 11.5 Å². The Kier molecular flexibility index (Phi) is 10.3. The Balaban J connectivity index is 1.65. The van der Waals surface area contributed by atoms with Gasteiger partial charge in [-0.25, -0.2) is 0 Å². The predicted molar refractivity (Wildman–Crippen MR) is 131 cm³/mol. The van der Waals surface area contributed by atoms with Crippen molar-refractivity contribution in [1.29, 1.82) is 0 Å². The molecule has 0 amide bonds. The topological polar surface area (TPSA) is 43.4 Å². The highest BCUT2D eigenvalue weighted by Gasteiger charge is 2.40. The van der Waals surface area contributed by atoms with Crippen LogP contribution in [0.1, 0.15) is 115 Å². The van der Waals surface area contributed by atoms with Gasteiger partial charge in [-0.05, 0) is 62.1 Å². The summed E-state index contributed by atoms with van der Waals surface area (Å²) in [5, 5.41) is 0. The van der Waals surface area contributed by atoms with Gasteiger partial charge >= 0.3 is 0 Å². The summed E-state index contributed by atoms with van der Waals surface area (Å²) >= 11 is 0. The fourth-order valence-corrected chi connectivity index (χ4v) is 5.97. The SMILES string of the molecule is CCCCCCCC1CCC(C(=O)C(c2ccc(OCC)cc2)C2CCCCC2)C(=O)C1. The molecule has 0 aromatic heterocycles. The lowest BCUT2D eigenvalue weighted by atomic mass is 9.68. The molecule has 3 nitrogen and oxygen atoms in total. The molecule has 1 aromatic carbocycles. The minimum Gasteiger partial charge on any atom is -0.494 e. The number of hydrogen-bond donors (Lipinski definition) is 0. The summed E-state index contributed by atoms with van der Waals surface area (Å²) in [6.07, 6.45) is 15.8. The van der Waals surface area contributed by atoms with E-state index in [4.69, 9.17) is 4.74 Å². The molecule has 0 bridgehead atoms. The van der Waals surface area contributed by atoms with Crippen LogP contribution in [0.15, 0.2) is 24.3 Å². The molecule has 0 aliphatic heterocycles. The van der Waals surface area contributed by atoms with Crippen LogP contribution in [0, 0.1) is 17.8 Å². The molecule has 178 valence electrons. The van der Waals surface area contributed by atoms with Gasteiger partial charge in [0, 0.05) is 12.3 Å². The third-order valence-corrected chi connectivity index (χ3v) is 7.78. The van der Waals surface area contributed by atoms with Crippen molar-refractivity contribution < 1.29 is 14.3 Å². The molecule has 2 saturated carbocycles. The molecule has 1 aromatic rings. The number of carbonyl (C=O) groups is 2. The van der Waals surface area contributed by atoms with Crippen LogP contribution in [0.25, 0.3) is 0 Å². The minimum atomic E-state index is -0.384. The Morgan fingerprint density at radius 1 is 0.938 bits per heavy atom. The summed E-state index contributed by atoms with van der Waals surface area (Å²) in [5.74, 6) is 1.61. The Bertz CT molecular complexity index is 702. The number of ether oxygens (including phenoxy) is 1. The van der Waals surface area contributed by atoms with E-state index in [0.717, 1.165) is 43.4 Å². The van der Waals surface area contributed by atoms with E-state index in [1.165, 1.54) is 51.4 Å². The molecule has 0 saturated heterocycles.